The van der Waals surface area contributed by atoms with E-state index in [0.29, 0.717) is 18.9 Å². The summed E-state index contributed by atoms with van der Waals surface area (Å²) in [7, 11) is 0. The quantitative estimate of drug-likeness (QED) is 0.867. The predicted molar refractivity (Wildman–Crippen MR) is 85.4 cm³/mol. The zero-order chi connectivity index (χ0) is 15.5. The summed E-state index contributed by atoms with van der Waals surface area (Å²) in [5.74, 6) is 2.42. The Labute approximate surface area is 131 Å². The first-order valence-electron chi connectivity index (χ1n) is 8.00. The normalized spacial score (nSPS) is 24.9. The topological polar surface area (TPSA) is 57.6 Å². The Kier molecular flexibility index (Phi) is 5.58. The third-order valence-corrected chi connectivity index (χ3v) is 6.20. The summed E-state index contributed by atoms with van der Waals surface area (Å²) < 4.78 is 0. The van der Waals surface area contributed by atoms with E-state index in [-0.39, 0.29) is 11.8 Å². The highest BCUT2D eigenvalue weighted by Gasteiger charge is 2.40. The van der Waals surface area contributed by atoms with E-state index in [4.69, 9.17) is 0 Å². The summed E-state index contributed by atoms with van der Waals surface area (Å²) in [6, 6.07) is 0. The molecule has 0 aromatic carbocycles. The number of thioether (sulfide) groups is 1. The Morgan fingerprint density at radius 3 is 2.52 bits per heavy atom. The van der Waals surface area contributed by atoms with Gasteiger partial charge in [0.15, 0.2) is 0 Å². The van der Waals surface area contributed by atoms with Crippen molar-refractivity contribution in [3.05, 3.63) is 0 Å². The van der Waals surface area contributed by atoms with Gasteiger partial charge in [-0.15, -0.1) is 0 Å². The molecule has 2 fully saturated rings. The molecule has 0 radical (unpaired) electrons. The highest BCUT2D eigenvalue weighted by atomic mass is 32.2. The monoisotopic (exact) mass is 313 g/mol. The first kappa shape index (κ1) is 16.7. The summed E-state index contributed by atoms with van der Waals surface area (Å²) in [6.45, 7) is 4.98. The number of rotatable bonds is 4. The molecule has 0 spiro atoms. The van der Waals surface area contributed by atoms with Gasteiger partial charge in [0.25, 0.3) is 0 Å². The van der Waals surface area contributed by atoms with Crippen LogP contribution >= 0.6 is 11.8 Å². The molecule has 2 heterocycles. The standard InChI is InChI=1S/C16H27NO3S/c1-16(2,15(19)20)13-4-3-7-17(11-13)14(18)10-12-5-8-21-9-6-12/h12-13H,3-11H2,1-2H3,(H,19,20). The Balaban J connectivity index is 1.90. The van der Waals surface area contributed by atoms with Crippen LogP contribution < -0.4 is 0 Å². The Hall–Kier alpha value is -0.710. The average molecular weight is 313 g/mol. The van der Waals surface area contributed by atoms with Crippen molar-refractivity contribution in [1.29, 1.82) is 0 Å². The van der Waals surface area contributed by atoms with Crippen LogP contribution in [0.2, 0.25) is 0 Å². The molecule has 1 amide bonds. The fourth-order valence-corrected chi connectivity index (χ4v) is 4.50. The van der Waals surface area contributed by atoms with Gasteiger partial charge in [-0.2, -0.15) is 11.8 Å². The summed E-state index contributed by atoms with van der Waals surface area (Å²) in [5, 5.41) is 9.37. The second-order valence-corrected chi connectivity index (χ2v) is 8.19. The van der Waals surface area contributed by atoms with Gasteiger partial charge in [-0.3, -0.25) is 9.59 Å². The second kappa shape index (κ2) is 7.03. The number of carboxylic acids is 1. The van der Waals surface area contributed by atoms with E-state index in [1.807, 2.05) is 16.7 Å². The molecular formula is C16H27NO3S. The molecule has 120 valence electrons. The molecule has 21 heavy (non-hydrogen) atoms. The number of nitrogens with zero attached hydrogens (tertiary/aromatic N) is 1. The van der Waals surface area contributed by atoms with Gasteiger partial charge < -0.3 is 10.0 Å². The van der Waals surface area contributed by atoms with Crippen LogP contribution in [0, 0.1) is 17.3 Å². The lowest BCUT2D eigenvalue weighted by Crippen LogP contribution is -2.47. The smallest absolute Gasteiger partial charge is 0.309 e. The summed E-state index contributed by atoms with van der Waals surface area (Å²) in [6.07, 6.45) is 4.78. The molecule has 5 heteroatoms. The number of carbonyl (C=O) groups is 2. The van der Waals surface area contributed by atoms with Crippen LogP contribution in [-0.2, 0) is 9.59 Å². The summed E-state index contributed by atoms with van der Waals surface area (Å²) in [5.41, 5.74) is -0.750. The minimum Gasteiger partial charge on any atom is -0.481 e. The van der Waals surface area contributed by atoms with Gasteiger partial charge in [0, 0.05) is 19.5 Å². The molecule has 1 atom stereocenters. The molecule has 0 bridgehead atoms. The van der Waals surface area contributed by atoms with Gasteiger partial charge in [0.2, 0.25) is 5.91 Å². The Morgan fingerprint density at radius 1 is 1.24 bits per heavy atom. The lowest BCUT2D eigenvalue weighted by Gasteiger charge is -2.39. The van der Waals surface area contributed by atoms with Gasteiger partial charge in [-0.1, -0.05) is 0 Å². The third kappa shape index (κ3) is 4.15. The predicted octanol–water partition coefficient (Wildman–Crippen LogP) is 2.87. The van der Waals surface area contributed by atoms with Gasteiger partial charge in [0.05, 0.1) is 5.41 Å². The molecule has 0 aliphatic carbocycles. The first-order valence-corrected chi connectivity index (χ1v) is 9.15. The van der Waals surface area contributed by atoms with Gasteiger partial charge >= 0.3 is 5.97 Å². The van der Waals surface area contributed by atoms with Crippen molar-refractivity contribution in [3.8, 4) is 0 Å². The number of piperidine rings is 1. The highest BCUT2D eigenvalue weighted by molar-refractivity contribution is 7.99. The van der Waals surface area contributed by atoms with Crippen LogP contribution in [0.3, 0.4) is 0 Å². The molecule has 1 unspecified atom stereocenters. The van der Waals surface area contributed by atoms with E-state index < -0.39 is 11.4 Å². The summed E-state index contributed by atoms with van der Waals surface area (Å²) in [4.78, 5) is 25.8. The largest absolute Gasteiger partial charge is 0.481 e. The SMILES string of the molecule is CC(C)(C(=O)O)C1CCCN(C(=O)CC2CCSCC2)C1. The van der Waals surface area contributed by atoms with Crippen LogP contribution in [0.25, 0.3) is 0 Å². The fourth-order valence-electron chi connectivity index (χ4n) is 3.29. The molecule has 4 nitrogen and oxygen atoms in total. The lowest BCUT2D eigenvalue weighted by molar-refractivity contribution is -0.153. The number of likely N-dealkylation sites (tertiary alicyclic amines) is 1. The first-order chi connectivity index (χ1) is 9.91. The van der Waals surface area contributed by atoms with E-state index >= 15 is 0 Å². The molecule has 2 aliphatic rings. The maximum atomic E-state index is 12.5. The van der Waals surface area contributed by atoms with Crippen molar-refractivity contribution in [2.75, 3.05) is 24.6 Å². The van der Waals surface area contributed by atoms with E-state index in [2.05, 4.69) is 0 Å². The lowest BCUT2D eigenvalue weighted by atomic mass is 9.74. The number of aliphatic carboxylic acids is 1. The average Bonchev–Trinajstić information content (AvgIpc) is 2.48. The minimum atomic E-state index is -0.758. The van der Waals surface area contributed by atoms with Crippen LogP contribution in [0.15, 0.2) is 0 Å². The van der Waals surface area contributed by atoms with Crippen LogP contribution in [-0.4, -0.2) is 46.5 Å². The van der Waals surface area contributed by atoms with E-state index in [9.17, 15) is 14.7 Å². The molecule has 0 aromatic rings. The zero-order valence-electron chi connectivity index (χ0n) is 13.1. The van der Waals surface area contributed by atoms with Gasteiger partial charge in [-0.25, -0.2) is 0 Å². The Bertz CT molecular complexity index is 391. The van der Waals surface area contributed by atoms with Crippen molar-refractivity contribution in [3.63, 3.8) is 0 Å². The Morgan fingerprint density at radius 2 is 1.90 bits per heavy atom. The minimum absolute atomic E-state index is 0.0645. The maximum absolute atomic E-state index is 12.5. The highest BCUT2D eigenvalue weighted by Crippen LogP contribution is 2.35. The van der Waals surface area contributed by atoms with Crippen molar-refractivity contribution in [2.45, 2.75) is 46.0 Å². The number of hydrogen-bond acceptors (Lipinski definition) is 3. The van der Waals surface area contributed by atoms with Crippen molar-refractivity contribution in [1.82, 2.24) is 4.90 Å². The molecule has 2 aliphatic heterocycles. The van der Waals surface area contributed by atoms with E-state index in [1.54, 1.807) is 13.8 Å². The number of amides is 1. The maximum Gasteiger partial charge on any atom is 0.309 e. The van der Waals surface area contributed by atoms with E-state index in [0.717, 1.165) is 32.2 Å². The van der Waals surface area contributed by atoms with Crippen molar-refractivity contribution < 1.29 is 14.7 Å². The van der Waals surface area contributed by atoms with E-state index in [1.165, 1.54) is 11.5 Å². The van der Waals surface area contributed by atoms with Crippen molar-refractivity contribution in [2.24, 2.45) is 17.3 Å². The van der Waals surface area contributed by atoms with Crippen molar-refractivity contribution >= 4 is 23.6 Å². The molecule has 1 N–H and O–H groups in total. The van der Waals surface area contributed by atoms with Crippen LogP contribution in [0.4, 0.5) is 0 Å². The molecule has 2 saturated heterocycles. The second-order valence-electron chi connectivity index (χ2n) is 6.97. The zero-order valence-corrected chi connectivity index (χ0v) is 14.0. The molecule has 2 rings (SSSR count). The molecular weight excluding hydrogens is 286 g/mol. The number of carboxylic acid groups (broad SMARTS) is 1. The van der Waals surface area contributed by atoms with Gasteiger partial charge in [0.1, 0.15) is 0 Å². The summed E-state index contributed by atoms with van der Waals surface area (Å²) >= 11 is 1.98. The van der Waals surface area contributed by atoms with Crippen LogP contribution in [0.5, 0.6) is 0 Å². The number of hydrogen-bond donors (Lipinski definition) is 1. The third-order valence-electron chi connectivity index (χ3n) is 5.15. The fraction of sp³-hybridized carbons (Fsp3) is 0.875. The molecule has 0 aromatic heterocycles. The molecule has 0 saturated carbocycles. The van der Waals surface area contributed by atoms with Crippen LogP contribution in [0.1, 0.15) is 46.0 Å². The number of carbonyl (C=O) groups excluding carboxylic acids is 1. The van der Waals surface area contributed by atoms with Gasteiger partial charge in [-0.05, 0) is 62.9 Å².